The van der Waals surface area contributed by atoms with Crippen molar-refractivity contribution in [3.63, 3.8) is 0 Å². The molecule has 3 aromatic rings. The minimum absolute atomic E-state index is 0.493. The quantitative estimate of drug-likeness (QED) is 0.520. The monoisotopic (exact) mass is 436 g/mol. The fourth-order valence-corrected chi connectivity index (χ4v) is 4.20. The Morgan fingerprint density at radius 2 is 1.71 bits per heavy atom. The van der Waals surface area contributed by atoms with Crippen molar-refractivity contribution in [3.05, 3.63) is 54.7 Å². The van der Waals surface area contributed by atoms with E-state index in [0.29, 0.717) is 22.7 Å². The molecule has 0 atom stereocenters. The molecule has 4 rings (SSSR count). The Hall–Kier alpha value is -3.06. The Morgan fingerprint density at radius 3 is 2.42 bits per heavy atom. The van der Waals surface area contributed by atoms with Gasteiger partial charge >= 0.3 is 0 Å². The Morgan fingerprint density at radius 1 is 0.968 bits per heavy atom. The summed E-state index contributed by atoms with van der Waals surface area (Å²) in [7, 11) is 3.26. The predicted octanol–water partition coefficient (Wildman–Crippen LogP) is 5.18. The predicted molar refractivity (Wildman–Crippen MR) is 128 cm³/mol. The van der Waals surface area contributed by atoms with Crippen LogP contribution in [0.25, 0.3) is 16.9 Å². The number of nitrogens with one attached hydrogen (secondary N) is 2. The van der Waals surface area contributed by atoms with Crippen LogP contribution in [0.3, 0.4) is 0 Å². The second-order valence-corrected chi connectivity index (χ2v) is 8.10. The van der Waals surface area contributed by atoms with Gasteiger partial charge < -0.3 is 20.1 Å². The van der Waals surface area contributed by atoms with Crippen LogP contribution in [0.4, 0.5) is 5.69 Å². The summed E-state index contributed by atoms with van der Waals surface area (Å²) in [6.45, 7) is 0. The maximum atomic E-state index is 5.48. The van der Waals surface area contributed by atoms with Gasteiger partial charge in [0.25, 0.3) is 0 Å². The number of hydrogen-bond donors (Lipinski definition) is 2. The van der Waals surface area contributed by atoms with Gasteiger partial charge in [0, 0.05) is 23.5 Å². The van der Waals surface area contributed by atoms with Crippen LogP contribution in [0.1, 0.15) is 32.1 Å². The van der Waals surface area contributed by atoms with Gasteiger partial charge in [0.15, 0.2) is 16.6 Å². The topological polar surface area (TPSA) is 60.3 Å². The van der Waals surface area contributed by atoms with Crippen molar-refractivity contribution < 1.29 is 9.47 Å². The molecular formula is C24H28N4O2S. The van der Waals surface area contributed by atoms with Crippen molar-refractivity contribution >= 4 is 23.0 Å². The first-order valence-corrected chi connectivity index (χ1v) is 11.0. The largest absolute Gasteiger partial charge is 0.493 e. The van der Waals surface area contributed by atoms with E-state index in [-0.39, 0.29) is 0 Å². The summed E-state index contributed by atoms with van der Waals surface area (Å²) in [5.41, 5.74) is 3.77. The lowest BCUT2D eigenvalue weighted by Crippen LogP contribution is -2.38. The molecule has 0 saturated heterocycles. The number of benzene rings is 2. The molecule has 2 aromatic carbocycles. The molecule has 7 heteroatoms. The van der Waals surface area contributed by atoms with Crippen LogP contribution in [0, 0.1) is 0 Å². The lowest BCUT2D eigenvalue weighted by atomic mass is 9.96. The Kier molecular flexibility index (Phi) is 6.72. The Balaban J connectivity index is 1.41. The number of hydrogen-bond acceptors (Lipinski definition) is 4. The standard InChI is InChI=1S/C24H28N4O2S/c1-29-22-13-8-17(16-23(22)30-2)21-14-15-28(27-21)20-11-9-19(10-12-20)26-24(31)25-18-6-4-3-5-7-18/h8-16,18H,3-7H2,1-2H3,(H2,25,26,31). The highest BCUT2D eigenvalue weighted by atomic mass is 32.1. The number of nitrogens with zero attached hydrogens (tertiary/aromatic N) is 2. The fraction of sp³-hybridized carbons (Fsp3) is 0.333. The zero-order chi connectivity index (χ0) is 21.6. The highest BCUT2D eigenvalue weighted by molar-refractivity contribution is 7.80. The van der Waals surface area contributed by atoms with Crippen LogP contribution in [-0.4, -0.2) is 35.2 Å². The first-order valence-electron chi connectivity index (χ1n) is 10.6. The third kappa shape index (κ3) is 5.17. The molecule has 162 valence electrons. The molecule has 1 fully saturated rings. The third-order valence-electron chi connectivity index (χ3n) is 5.60. The van der Waals surface area contributed by atoms with Crippen LogP contribution in [0.15, 0.2) is 54.7 Å². The molecule has 1 aromatic heterocycles. The van der Waals surface area contributed by atoms with Crippen LogP contribution in [0.5, 0.6) is 11.5 Å². The Bertz CT molecular complexity index is 1030. The lowest BCUT2D eigenvalue weighted by Gasteiger charge is -2.24. The van der Waals surface area contributed by atoms with Gasteiger partial charge in [-0.1, -0.05) is 19.3 Å². The molecule has 0 spiro atoms. The molecule has 0 radical (unpaired) electrons. The van der Waals surface area contributed by atoms with Crippen molar-refractivity contribution in [2.24, 2.45) is 0 Å². The van der Waals surface area contributed by atoms with E-state index in [4.69, 9.17) is 26.8 Å². The van der Waals surface area contributed by atoms with Crippen molar-refractivity contribution in [3.8, 4) is 28.4 Å². The second kappa shape index (κ2) is 9.83. The normalized spacial score (nSPS) is 14.1. The number of anilines is 1. The van der Waals surface area contributed by atoms with Gasteiger partial charge in [0.05, 0.1) is 25.6 Å². The molecule has 1 heterocycles. The number of rotatable bonds is 6. The number of aromatic nitrogens is 2. The molecule has 1 aliphatic rings. The van der Waals surface area contributed by atoms with Gasteiger partial charge in [0.2, 0.25) is 0 Å². The van der Waals surface area contributed by atoms with E-state index in [1.54, 1.807) is 14.2 Å². The summed E-state index contributed by atoms with van der Waals surface area (Å²) in [6.07, 6.45) is 8.24. The van der Waals surface area contributed by atoms with Crippen molar-refractivity contribution in [1.29, 1.82) is 0 Å². The summed E-state index contributed by atoms with van der Waals surface area (Å²) in [4.78, 5) is 0. The smallest absolute Gasteiger partial charge is 0.170 e. The zero-order valence-electron chi connectivity index (χ0n) is 17.9. The highest BCUT2D eigenvalue weighted by Crippen LogP contribution is 2.31. The Labute approximate surface area is 188 Å². The summed E-state index contributed by atoms with van der Waals surface area (Å²) < 4.78 is 12.6. The number of thiocarbonyl (C=S) groups is 1. The molecule has 1 saturated carbocycles. The highest BCUT2D eigenvalue weighted by Gasteiger charge is 2.14. The van der Waals surface area contributed by atoms with E-state index in [1.165, 1.54) is 32.1 Å². The minimum atomic E-state index is 0.493. The average Bonchev–Trinajstić information content (AvgIpc) is 3.30. The minimum Gasteiger partial charge on any atom is -0.493 e. The summed E-state index contributed by atoms with van der Waals surface area (Å²) in [5, 5.41) is 12.1. The third-order valence-corrected chi connectivity index (χ3v) is 5.82. The first-order chi connectivity index (χ1) is 15.2. The van der Waals surface area contributed by atoms with E-state index >= 15 is 0 Å². The lowest BCUT2D eigenvalue weighted by molar-refractivity contribution is 0.355. The van der Waals surface area contributed by atoms with Crippen LogP contribution >= 0.6 is 12.2 Å². The van der Waals surface area contributed by atoms with Crippen molar-refractivity contribution in [1.82, 2.24) is 15.1 Å². The molecule has 2 N–H and O–H groups in total. The molecule has 6 nitrogen and oxygen atoms in total. The number of ether oxygens (including phenoxy) is 2. The maximum Gasteiger partial charge on any atom is 0.170 e. The molecule has 0 amide bonds. The van der Waals surface area contributed by atoms with E-state index in [2.05, 4.69) is 10.6 Å². The molecule has 1 aliphatic carbocycles. The molecular weight excluding hydrogens is 408 g/mol. The van der Waals surface area contributed by atoms with Gasteiger partial charge in [0.1, 0.15) is 0 Å². The van der Waals surface area contributed by atoms with Gasteiger partial charge in [-0.15, -0.1) is 0 Å². The first kappa shape index (κ1) is 21.2. The van der Waals surface area contributed by atoms with E-state index in [1.807, 2.05) is 59.4 Å². The van der Waals surface area contributed by atoms with Crippen molar-refractivity contribution in [2.45, 2.75) is 38.1 Å². The molecule has 0 aliphatic heterocycles. The molecule has 0 bridgehead atoms. The average molecular weight is 437 g/mol. The van der Waals surface area contributed by atoms with E-state index in [9.17, 15) is 0 Å². The van der Waals surface area contributed by atoms with E-state index in [0.717, 1.165) is 22.6 Å². The fourth-order valence-electron chi connectivity index (χ4n) is 3.91. The number of methoxy groups -OCH3 is 2. The van der Waals surface area contributed by atoms with Crippen LogP contribution in [-0.2, 0) is 0 Å². The van der Waals surface area contributed by atoms with Gasteiger partial charge in [-0.3, -0.25) is 0 Å². The van der Waals surface area contributed by atoms with E-state index < -0.39 is 0 Å². The second-order valence-electron chi connectivity index (χ2n) is 7.70. The summed E-state index contributed by atoms with van der Waals surface area (Å²) >= 11 is 5.48. The molecule has 31 heavy (non-hydrogen) atoms. The molecule has 0 unspecified atom stereocenters. The zero-order valence-corrected chi connectivity index (χ0v) is 18.7. The van der Waals surface area contributed by atoms with Crippen LogP contribution < -0.4 is 20.1 Å². The van der Waals surface area contributed by atoms with Gasteiger partial charge in [-0.2, -0.15) is 5.10 Å². The maximum absolute atomic E-state index is 5.48. The summed E-state index contributed by atoms with van der Waals surface area (Å²) in [6, 6.07) is 16.3. The van der Waals surface area contributed by atoms with Gasteiger partial charge in [-0.25, -0.2) is 4.68 Å². The van der Waals surface area contributed by atoms with Crippen LogP contribution in [0.2, 0.25) is 0 Å². The van der Waals surface area contributed by atoms with Crippen molar-refractivity contribution in [2.75, 3.05) is 19.5 Å². The summed E-state index contributed by atoms with van der Waals surface area (Å²) in [5.74, 6) is 1.38. The van der Waals surface area contributed by atoms with Gasteiger partial charge in [-0.05, 0) is 73.6 Å². The SMILES string of the molecule is COc1ccc(-c2ccn(-c3ccc(NC(=S)NC4CCCCC4)cc3)n2)cc1OC.